The zero-order valence-electron chi connectivity index (χ0n) is 14.2. The highest BCUT2D eigenvalue weighted by Crippen LogP contribution is 2.20. The molecule has 0 bridgehead atoms. The van der Waals surface area contributed by atoms with Crippen LogP contribution in [0.15, 0.2) is 28.7 Å². The standard InChI is InChI=1S/C17H25BrClN3O.ClH/c1-13(2)10-22(17(23)9-19)12-15-11-21(8-7-20-15)16-5-3-14(18)4-6-16;/h3-6,13,15,20H,7-12H2,1-2H3;1H. The summed E-state index contributed by atoms with van der Waals surface area (Å²) in [5.41, 5.74) is 1.22. The average molecular weight is 439 g/mol. The summed E-state index contributed by atoms with van der Waals surface area (Å²) in [6.07, 6.45) is 0. The number of anilines is 1. The van der Waals surface area contributed by atoms with Gasteiger partial charge in [0.15, 0.2) is 0 Å². The molecule has 1 aromatic carbocycles. The number of amides is 1. The molecule has 24 heavy (non-hydrogen) atoms. The Hall–Kier alpha value is -0.490. The molecule has 1 unspecified atom stereocenters. The van der Waals surface area contributed by atoms with Crippen LogP contribution in [-0.4, -0.2) is 55.5 Å². The second kappa shape index (κ2) is 10.5. The van der Waals surface area contributed by atoms with Gasteiger partial charge in [0.25, 0.3) is 0 Å². The maximum absolute atomic E-state index is 12.1. The van der Waals surface area contributed by atoms with Crippen molar-refractivity contribution in [3.8, 4) is 0 Å². The molecule has 1 N–H and O–H groups in total. The number of rotatable bonds is 6. The maximum Gasteiger partial charge on any atom is 0.237 e. The number of nitrogens with zero attached hydrogens (tertiary/aromatic N) is 2. The Balaban J connectivity index is 0.00000288. The van der Waals surface area contributed by atoms with E-state index in [-0.39, 0.29) is 30.2 Å². The molecule has 0 aromatic heterocycles. The van der Waals surface area contributed by atoms with E-state index in [9.17, 15) is 4.79 Å². The molecule has 0 aliphatic carbocycles. The zero-order valence-corrected chi connectivity index (χ0v) is 17.3. The van der Waals surface area contributed by atoms with Crippen LogP contribution in [0, 0.1) is 5.92 Å². The Morgan fingerprint density at radius 1 is 1.42 bits per heavy atom. The summed E-state index contributed by atoms with van der Waals surface area (Å²) >= 11 is 9.23. The van der Waals surface area contributed by atoms with Crippen molar-refractivity contribution in [3.63, 3.8) is 0 Å². The molecule has 1 aliphatic rings. The topological polar surface area (TPSA) is 35.6 Å². The third-order valence-corrected chi connectivity index (χ3v) is 4.70. The van der Waals surface area contributed by atoms with E-state index in [2.05, 4.69) is 64.3 Å². The van der Waals surface area contributed by atoms with E-state index in [4.69, 9.17) is 11.6 Å². The summed E-state index contributed by atoms with van der Waals surface area (Å²) in [6, 6.07) is 8.64. The van der Waals surface area contributed by atoms with E-state index >= 15 is 0 Å². The summed E-state index contributed by atoms with van der Waals surface area (Å²) in [5, 5.41) is 3.53. The van der Waals surface area contributed by atoms with Gasteiger partial charge in [-0.2, -0.15) is 0 Å². The molecule has 0 saturated carbocycles. The van der Waals surface area contributed by atoms with Crippen molar-refractivity contribution in [1.82, 2.24) is 10.2 Å². The number of carbonyl (C=O) groups is 1. The number of nitrogens with one attached hydrogen (secondary N) is 1. The fourth-order valence-corrected chi connectivity index (χ4v) is 3.34. The van der Waals surface area contributed by atoms with Crippen LogP contribution in [0.1, 0.15) is 13.8 Å². The Kier molecular flexibility index (Phi) is 9.42. The first-order chi connectivity index (χ1) is 11.0. The minimum atomic E-state index is 0. The second-order valence-electron chi connectivity index (χ2n) is 6.40. The number of alkyl halides is 1. The van der Waals surface area contributed by atoms with Gasteiger partial charge >= 0.3 is 0 Å². The monoisotopic (exact) mass is 437 g/mol. The van der Waals surface area contributed by atoms with Crippen molar-refractivity contribution in [3.05, 3.63) is 28.7 Å². The van der Waals surface area contributed by atoms with E-state index in [0.29, 0.717) is 12.5 Å². The zero-order chi connectivity index (χ0) is 16.8. The minimum absolute atomic E-state index is 0. The molecule has 1 amide bonds. The largest absolute Gasteiger partial charge is 0.369 e. The highest BCUT2D eigenvalue weighted by Gasteiger charge is 2.24. The van der Waals surface area contributed by atoms with Gasteiger partial charge in [-0.15, -0.1) is 24.0 Å². The first-order valence-corrected chi connectivity index (χ1v) is 9.40. The average Bonchev–Trinajstić information content (AvgIpc) is 2.54. The summed E-state index contributed by atoms with van der Waals surface area (Å²) in [7, 11) is 0. The number of halogens is 3. The molecule has 4 nitrogen and oxygen atoms in total. The van der Waals surface area contributed by atoms with Gasteiger partial charge in [-0.3, -0.25) is 4.79 Å². The minimum Gasteiger partial charge on any atom is -0.369 e. The van der Waals surface area contributed by atoms with Crippen LogP contribution >= 0.6 is 39.9 Å². The van der Waals surface area contributed by atoms with E-state index in [1.807, 2.05) is 4.90 Å². The summed E-state index contributed by atoms with van der Waals surface area (Å²) < 4.78 is 1.09. The van der Waals surface area contributed by atoms with E-state index in [1.54, 1.807) is 0 Å². The predicted octanol–water partition coefficient (Wildman–Crippen LogP) is 3.37. The molecule has 0 spiro atoms. The van der Waals surface area contributed by atoms with Gasteiger partial charge in [0.2, 0.25) is 5.91 Å². The van der Waals surface area contributed by atoms with Crippen LogP contribution in [0.5, 0.6) is 0 Å². The number of hydrogen-bond donors (Lipinski definition) is 1. The van der Waals surface area contributed by atoms with E-state index < -0.39 is 0 Å². The molecular weight excluding hydrogens is 413 g/mol. The van der Waals surface area contributed by atoms with E-state index in [0.717, 1.165) is 30.7 Å². The number of hydrogen-bond acceptors (Lipinski definition) is 3. The van der Waals surface area contributed by atoms with E-state index in [1.165, 1.54) is 5.69 Å². The van der Waals surface area contributed by atoms with Gasteiger partial charge in [0, 0.05) is 48.9 Å². The lowest BCUT2D eigenvalue weighted by Crippen LogP contribution is -2.56. The lowest BCUT2D eigenvalue weighted by atomic mass is 10.1. The molecule has 1 fully saturated rings. The molecule has 1 aromatic rings. The van der Waals surface area contributed by atoms with Crippen LogP contribution in [-0.2, 0) is 4.79 Å². The molecule has 1 atom stereocenters. The van der Waals surface area contributed by atoms with Crippen molar-refractivity contribution in [2.45, 2.75) is 19.9 Å². The summed E-state index contributed by atoms with van der Waals surface area (Å²) in [5.74, 6) is 0.506. The van der Waals surface area contributed by atoms with Gasteiger partial charge < -0.3 is 15.1 Å². The normalized spacial score (nSPS) is 17.5. The molecule has 136 valence electrons. The van der Waals surface area contributed by atoms with Gasteiger partial charge in [-0.05, 0) is 30.2 Å². The summed E-state index contributed by atoms with van der Waals surface area (Å²) in [4.78, 5) is 16.3. The van der Waals surface area contributed by atoms with Gasteiger partial charge in [0.1, 0.15) is 5.88 Å². The third-order valence-electron chi connectivity index (χ3n) is 3.94. The first kappa shape index (κ1) is 21.6. The van der Waals surface area contributed by atoms with Crippen LogP contribution in [0.2, 0.25) is 0 Å². The third kappa shape index (κ3) is 6.43. The smallest absolute Gasteiger partial charge is 0.237 e. The maximum atomic E-state index is 12.1. The molecule has 1 saturated heterocycles. The molecule has 2 rings (SSSR count). The van der Waals surface area contributed by atoms with Crippen molar-refractivity contribution in [2.24, 2.45) is 5.92 Å². The molecule has 1 aliphatic heterocycles. The van der Waals surface area contributed by atoms with Crippen molar-refractivity contribution >= 4 is 51.5 Å². The Labute approximate surface area is 164 Å². The molecular formula is C17H26BrCl2N3O. The van der Waals surface area contributed by atoms with Gasteiger partial charge in [0.05, 0.1) is 0 Å². The van der Waals surface area contributed by atoms with Crippen molar-refractivity contribution in [2.75, 3.05) is 43.5 Å². The van der Waals surface area contributed by atoms with Crippen LogP contribution in [0.25, 0.3) is 0 Å². The van der Waals surface area contributed by atoms with Gasteiger partial charge in [-0.25, -0.2) is 0 Å². The predicted molar refractivity (Wildman–Crippen MR) is 108 cm³/mol. The fourth-order valence-electron chi connectivity index (χ4n) is 2.90. The SMILES string of the molecule is CC(C)CN(CC1CN(c2ccc(Br)cc2)CCN1)C(=O)CCl.Cl. The van der Waals surface area contributed by atoms with Gasteiger partial charge in [-0.1, -0.05) is 29.8 Å². The molecule has 0 radical (unpaired) electrons. The van der Waals surface area contributed by atoms with Crippen LogP contribution < -0.4 is 10.2 Å². The number of benzene rings is 1. The first-order valence-electron chi connectivity index (χ1n) is 8.07. The quantitative estimate of drug-likeness (QED) is 0.691. The Bertz CT molecular complexity index is 513. The highest BCUT2D eigenvalue weighted by molar-refractivity contribution is 9.10. The molecule has 7 heteroatoms. The Morgan fingerprint density at radius 3 is 2.67 bits per heavy atom. The lowest BCUT2D eigenvalue weighted by molar-refractivity contribution is -0.129. The lowest BCUT2D eigenvalue weighted by Gasteiger charge is -2.38. The number of carbonyl (C=O) groups excluding carboxylic acids is 1. The Morgan fingerprint density at radius 2 is 2.08 bits per heavy atom. The molecule has 1 heterocycles. The second-order valence-corrected chi connectivity index (χ2v) is 7.58. The van der Waals surface area contributed by atoms with Crippen molar-refractivity contribution in [1.29, 1.82) is 0 Å². The van der Waals surface area contributed by atoms with Crippen molar-refractivity contribution < 1.29 is 4.79 Å². The highest BCUT2D eigenvalue weighted by atomic mass is 79.9. The summed E-state index contributed by atoms with van der Waals surface area (Å²) in [6.45, 7) is 8.50. The number of piperazine rings is 1. The van der Waals surface area contributed by atoms with Crippen LogP contribution in [0.3, 0.4) is 0 Å². The van der Waals surface area contributed by atoms with Crippen LogP contribution in [0.4, 0.5) is 5.69 Å². The fraction of sp³-hybridized carbons (Fsp3) is 0.588.